The third-order valence-corrected chi connectivity index (χ3v) is 5.78. The summed E-state index contributed by atoms with van der Waals surface area (Å²) in [6.45, 7) is 0.357. The Morgan fingerprint density at radius 1 is 0.562 bits per heavy atom. The van der Waals surface area contributed by atoms with Gasteiger partial charge in [0.05, 0.1) is 5.41 Å². The number of carbonyl (C=O) groups excluding carboxylic acids is 2. The molecular formula is C29H25NO2. The van der Waals surface area contributed by atoms with Gasteiger partial charge in [-0.15, -0.1) is 0 Å². The van der Waals surface area contributed by atoms with Crippen molar-refractivity contribution in [2.75, 3.05) is 6.54 Å². The van der Waals surface area contributed by atoms with E-state index in [1.54, 1.807) is 12.1 Å². The second-order valence-electron chi connectivity index (χ2n) is 7.70. The maximum Gasteiger partial charge on any atom is 0.251 e. The van der Waals surface area contributed by atoms with Crippen molar-refractivity contribution in [1.82, 2.24) is 5.32 Å². The molecule has 0 bridgehead atoms. The highest BCUT2D eigenvalue weighted by atomic mass is 16.1. The first-order valence-corrected chi connectivity index (χ1v) is 10.8. The Morgan fingerprint density at radius 3 is 1.44 bits per heavy atom. The lowest BCUT2D eigenvalue weighted by Gasteiger charge is -2.34. The molecule has 3 heteroatoms. The van der Waals surface area contributed by atoms with Crippen LogP contribution in [0.4, 0.5) is 0 Å². The summed E-state index contributed by atoms with van der Waals surface area (Å²) in [5, 5.41) is 3.01. The van der Waals surface area contributed by atoms with Crippen LogP contribution in [-0.2, 0) is 5.41 Å². The molecule has 3 nitrogen and oxygen atoms in total. The van der Waals surface area contributed by atoms with Crippen LogP contribution in [0.1, 0.15) is 38.3 Å². The first kappa shape index (κ1) is 21.3. The van der Waals surface area contributed by atoms with Crippen molar-refractivity contribution in [3.8, 4) is 0 Å². The minimum Gasteiger partial charge on any atom is -0.352 e. The Kier molecular flexibility index (Phi) is 6.57. The van der Waals surface area contributed by atoms with Gasteiger partial charge >= 0.3 is 0 Å². The number of amides is 1. The predicted octanol–water partition coefficient (Wildman–Crippen LogP) is 5.68. The van der Waals surface area contributed by atoms with Gasteiger partial charge in [-0.1, -0.05) is 109 Å². The Balaban J connectivity index is 1.74. The highest BCUT2D eigenvalue weighted by molar-refractivity contribution is 6.06. The van der Waals surface area contributed by atoms with E-state index >= 15 is 0 Å². The van der Waals surface area contributed by atoms with Gasteiger partial charge in [0.25, 0.3) is 5.91 Å². The van der Waals surface area contributed by atoms with Crippen molar-refractivity contribution in [1.29, 1.82) is 0 Å². The maximum atomic E-state index is 14.1. The lowest BCUT2D eigenvalue weighted by Crippen LogP contribution is -2.41. The van der Waals surface area contributed by atoms with Crippen molar-refractivity contribution in [3.63, 3.8) is 0 Å². The van der Waals surface area contributed by atoms with Crippen LogP contribution in [0.2, 0.25) is 0 Å². The molecule has 0 atom stereocenters. The number of hydrogen-bond donors (Lipinski definition) is 1. The van der Waals surface area contributed by atoms with Crippen molar-refractivity contribution in [3.05, 3.63) is 144 Å². The Hall–Kier alpha value is -3.98. The van der Waals surface area contributed by atoms with E-state index in [2.05, 4.69) is 5.32 Å². The van der Waals surface area contributed by atoms with Gasteiger partial charge in [0.2, 0.25) is 0 Å². The Bertz CT molecular complexity index is 1120. The summed E-state index contributed by atoms with van der Waals surface area (Å²) >= 11 is 0. The minimum atomic E-state index is -0.923. The second kappa shape index (κ2) is 9.88. The number of hydrogen-bond acceptors (Lipinski definition) is 2. The Labute approximate surface area is 188 Å². The van der Waals surface area contributed by atoms with Crippen molar-refractivity contribution in [2.45, 2.75) is 11.8 Å². The minimum absolute atomic E-state index is 0.0180. The van der Waals surface area contributed by atoms with Crippen LogP contribution in [-0.4, -0.2) is 18.2 Å². The fourth-order valence-electron chi connectivity index (χ4n) is 4.17. The van der Waals surface area contributed by atoms with E-state index in [0.29, 0.717) is 24.1 Å². The zero-order valence-corrected chi connectivity index (χ0v) is 17.8. The molecule has 4 aromatic carbocycles. The zero-order chi connectivity index (χ0) is 22.2. The molecule has 0 aliphatic rings. The Morgan fingerprint density at radius 2 is 0.969 bits per heavy atom. The summed E-state index contributed by atoms with van der Waals surface area (Å²) in [6, 6.07) is 38.2. The number of carbonyl (C=O) groups is 2. The predicted molar refractivity (Wildman–Crippen MR) is 128 cm³/mol. The summed E-state index contributed by atoms with van der Waals surface area (Å²) in [5.74, 6) is -0.128. The molecule has 0 unspecified atom stereocenters. The summed E-state index contributed by atoms with van der Waals surface area (Å²) in [5.41, 5.74) is 2.15. The molecule has 32 heavy (non-hydrogen) atoms. The quantitative estimate of drug-likeness (QED) is 0.374. The van der Waals surface area contributed by atoms with Crippen molar-refractivity contribution in [2.24, 2.45) is 0 Å². The summed E-state index contributed by atoms with van der Waals surface area (Å²) in [7, 11) is 0. The molecule has 0 saturated carbocycles. The number of rotatable bonds is 8. The third kappa shape index (κ3) is 4.37. The second-order valence-corrected chi connectivity index (χ2v) is 7.70. The average molecular weight is 420 g/mol. The summed E-state index contributed by atoms with van der Waals surface area (Å²) in [6.07, 6.45) is 0.438. The monoisotopic (exact) mass is 419 g/mol. The highest BCUT2D eigenvalue weighted by Gasteiger charge is 2.41. The largest absolute Gasteiger partial charge is 0.352 e. The maximum absolute atomic E-state index is 14.1. The molecule has 158 valence electrons. The topological polar surface area (TPSA) is 46.2 Å². The number of nitrogens with one attached hydrogen (secondary N) is 1. The molecule has 0 aliphatic heterocycles. The first-order chi connectivity index (χ1) is 15.7. The van der Waals surface area contributed by atoms with Crippen LogP contribution in [0.3, 0.4) is 0 Å². The third-order valence-electron chi connectivity index (χ3n) is 5.78. The molecule has 0 fully saturated rings. The molecule has 0 heterocycles. The molecular weight excluding hydrogens is 394 g/mol. The standard InChI is InChI=1S/C29H25NO2/c31-27(23-13-5-1-6-14-23)29(25-17-9-3-10-18-25,26-19-11-4-12-20-26)21-22-30-28(32)24-15-7-2-8-16-24/h1-20H,21-22H2,(H,30,32). The normalized spacial score (nSPS) is 11.0. The van der Waals surface area contributed by atoms with E-state index in [4.69, 9.17) is 0 Å². The van der Waals surface area contributed by atoms with E-state index < -0.39 is 5.41 Å². The fourth-order valence-corrected chi connectivity index (χ4v) is 4.17. The van der Waals surface area contributed by atoms with E-state index in [-0.39, 0.29) is 11.7 Å². The van der Waals surface area contributed by atoms with Gasteiger partial charge in [-0.2, -0.15) is 0 Å². The van der Waals surface area contributed by atoms with Gasteiger partial charge in [0, 0.05) is 17.7 Å². The van der Waals surface area contributed by atoms with Gasteiger partial charge in [-0.05, 0) is 29.7 Å². The molecule has 0 saturated heterocycles. The number of Topliss-reactive ketones (excluding diaryl/α,β-unsaturated/α-hetero) is 1. The van der Waals surface area contributed by atoms with Crippen LogP contribution < -0.4 is 5.32 Å². The molecule has 4 rings (SSSR count). The van der Waals surface area contributed by atoms with Crippen LogP contribution in [0.25, 0.3) is 0 Å². The van der Waals surface area contributed by atoms with Gasteiger partial charge in [-0.25, -0.2) is 0 Å². The molecule has 4 aromatic rings. The van der Waals surface area contributed by atoms with Crippen molar-refractivity contribution < 1.29 is 9.59 Å². The van der Waals surface area contributed by atoms with Gasteiger partial charge in [0.1, 0.15) is 0 Å². The fraction of sp³-hybridized carbons (Fsp3) is 0.103. The molecule has 0 aliphatic carbocycles. The smallest absolute Gasteiger partial charge is 0.251 e. The highest BCUT2D eigenvalue weighted by Crippen LogP contribution is 2.39. The molecule has 1 N–H and O–H groups in total. The summed E-state index contributed by atoms with van der Waals surface area (Å²) < 4.78 is 0. The SMILES string of the molecule is O=C(NCCC(C(=O)c1ccccc1)(c1ccccc1)c1ccccc1)c1ccccc1. The summed E-state index contributed by atoms with van der Waals surface area (Å²) in [4.78, 5) is 26.7. The lowest BCUT2D eigenvalue weighted by atomic mass is 9.67. The molecule has 0 radical (unpaired) electrons. The first-order valence-electron chi connectivity index (χ1n) is 10.8. The van der Waals surface area contributed by atoms with E-state index in [1.165, 1.54) is 0 Å². The van der Waals surface area contributed by atoms with Gasteiger partial charge in [-0.3, -0.25) is 9.59 Å². The van der Waals surface area contributed by atoms with Gasteiger partial charge < -0.3 is 5.32 Å². The molecule has 0 aromatic heterocycles. The average Bonchev–Trinajstić information content (AvgIpc) is 2.88. The van der Waals surface area contributed by atoms with Crippen LogP contribution in [0, 0.1) is 0 Å². The number of benzene rings is 4. The van der Waals surface area contributed by atoms with Crippen LogP contribution >= 0.6 is 0 Å². The van der Waals surface area contributed by atoms with E-state index in [0.717, 1.165) is 11.1 Å². The zero-order valence-electron chi connectivity index (χ0n) is 17.8. The lowest BCUT2D eigenvalue weighted by molar-refractivity contribution is 0.0887. The molecule has 1 amide bonds. The molecule has 0 spiro atoms. The van der Waals surface area contributed by atoms with Crippen LogP contribution in [0.5, 0.6) is 0 Å². The number of ketones is 1. The van der Waals surface area contributed by atoms with Crippen LogP contribution in [0.15, 0.2) is 121 Å². The van der Waals surface area contributed by atoms with E-state index in [9.17, 15) is 9.59 Å². The van der Waals surface area contributed by atoms with E-state index in [1.807, 2.05) is 109 Å². The van der Waals surface area contributed by atoms with Crippen molar-refractivity contribution >= 4 is 11.7 Å². The van der Waals surface area contributed by atoms with Gasteiger partial charge in [0.15, 0.2) is 5.78 Å².